The van der Waals surface area contributed by atoms with Gasteiger partial charge in [-0.1, -0.05) is 16.4 Å². The van der Waals surface area contributed by atoms with E-state index in [4.69, 9.17) is 9.84 Å². The number of hydrogen-bond acceptors (Lipinski definition) is 7. The van der Waals surface area contributed by atoms with Crippen LogP contribution in [0.1, 0.15) is 21.7 Å². The van der Waals surface area contributed by atoms with Crippen molar-refractivity contribution in [3.05, 3.63) is 45.3 Å². The summed E-state index contributed by atoms with van der Waals surface area (Å²) in [4.78, 5) is 21.3. The summed E-state index contributed by atoms with van der Waals surface area (Å²) in [6.07, 6.45) is 0. The van der Waals surface area contributed by atoms with E-state index >= 15 is 0 Å². The molecule has 0 aliphatic rings. The highest BCUT2D eigenvalue weighted by atomic mass is 16.6. The number of nitro benzene ring substituents is 1. The third kappa shape index (κ3) is 2.55. The number of ether oxygens (including phenoxy) is 1. The van der Waals surface area contributed by atoms with Crippen LogP contribution in [0.15, 0.2) is 22.8 Å². The van der Waals surface area contributed by atoms with E-state index in [0.29, 0.717) is 11.4 Å². The molecule has 2 aromatic rings. The smallest absolute Gasteiger partial charge is 0.339 e. The molecular weight excluding hydrogens is 270 g/mol. The largest absolute Gasteiger partial charge is 0.479 e. The third-order valence-electron chi connectivity index (χ3n) is 2.52. The van der Waals surface area contributed by atoms with Gasteiger partial charge in [-0.15, -0.1) is 0 Å². The van der Waals surface area contributed by atoms with E-state index in [1.165, 1.54) is 12.1 Å². The molecule has 0 unspecified atom stereocenters. The summed E-state index contributed by atoms with van der Waals surface area (Å²) in [6, 6.07) is 3.66. The minimum atomic E-state index is -1.32. The fourth-order valence-electron chi connectivity index (χ4n) is 1.51. The van der Waals surface area contributed by atoms with Crippen LogP contribution in [0.5, 0.6) is 5.75 Å². The molecule has 0 aliphatic carbocycles. The monoisotopic (exact) mass is 279 g/mol. The summed E-state index contributed by atoms with van der Waals surface area (Å²) < 4.78 is 9.69. The standard InChI is InChI=1S/C11H9N3O6/c1-6-8(13-20-12-6)5-19-10-7(11(15)16)3-2-4-9(10)14(17)18/h2-4H,5H2,1H3,(H,15,16). The van der Waals surface area contributed by atoms with Crippen molar-refractivity contribution in [2.24, 2.45) is 0 Å². The summed E-state index contributed by atoms with van der Waals surface area (Å²) in [5.41, 5.74) is 0.0623. The molecule has 0 aliphatic heterocycles. The van der Waals surface area contributed by atoms with Crippen LogP contribution in [-0.4, -0.2) is 26.3 Å². The highest BCUT2D eigenvalue weighted by molar-refractivity contribution is 5.92. The van der Waals surface area contributed by atoms with Crippen molar-refractivity contribution in [3.63, 3.8) is 0 Å². The molecule has 0 saturated heterocycles. The van der Waals surface area contributed by atoms with E-state index in [0.717, 1.165) is 6.07 Å². The first-order valence-corrected chi connectivity index (χ1v) is 5.42. The minimum Gasteiger partial charge on any atom is -0.479 e. The maximum absolute atomic E-state index is 11.1. The molecule has 0 radical (unpaired) electrons. The van der Waals surface area contributed by atoms with Gasteiger partial charge in [0.1, 0.15) is 23.6 Å². The zero-order valence-corrected chi connectivity index (χ0v) is 10.3. The van der Waals surface area contributed by atoms with Gasteiger partial charge >= 0.3 is 11.7 Å². The lowest BCUT2D eigenvalue weighted by molar-refractivity contribution is -0.386. The van der Waals surface area contributed by atoms with E-state index in [1.54, 1.807) is 6.92 Å². The topological polar surface area (TPSA) is 129 Å². The van der Waals surface area contributed by atoms with E-state index in [2.05, 4.69) is 14.9 Å². The molecule has 104 valence electrons. The second kappa shape index (κ2) is 5.34. The van der Waals surface area contributed by atoms with E-state index in [1.807, 2.05) is 0 Å². The molecule has 0 spiro atoms. The molecular formula is C11H9N3O6. The molecule has 0 saturated carbocycles. The van der Waals surface area contributed by atoms with Crippen molar-refractivity contribution in [3.8, 4) is 5.75 Å². The van der Waals surface area contributed by atoms with Crippen LogP contribution in [-0.2, 0) is 6.61 Å². The van der Waals surface area contributed by atoms with Gasteiger partial charge in [0.25, 0.3) is 0 Å². The molecule has 1 aromatic heterocycles. The highest BCUT2D eigenvalue weighted by Gasteiger charge is 2.23. The van der Waals surface area contributed by atoms with Crippen molar-refractivity contribution >= 4 is 11.7 Å². The Morgan fingerprint density at radius 3 is 2.80 bits per heavy atom. The Morgan fingerprint density at radius 1 is 1.50 bits per heavy atom. The average Bonchev–Trinajstić information content (AvgIpc) is 2.81. The number of hydrogen-bond donors (Lipinski definition) is 1. The highest BCUT2D eigenvalue weighted by Crippen LogP contribution is 2.31. The Morgan fingerprint density at radius 2 is 2.25 bits per heavy atom. The summed E-state index contributed by atoms with van der Waals surface area (Å²) in [7, 11) is 0. The van der Waals surface area contributed by atoms with Crippen LogP contribution in [0, 0.1) is 17.0 Å². The number of aromatic nitrogens is 2. The number of carbonyl (C=O) groups is 1. The Labute approximate surface area is 111 Å². The van der Waals surface area contributed by atoms with Crippen molar-refractivity contribution in [1.29, 1.82) is 0 Å². The number of rotatable bonds is 5. The first-order valence-electron chi connectivity index (χ1n) is 5.42. The number of nitro groups is 1. The predicted molar refractivity (Wildman–Crippen MR) is 63.4 cm³/mol. The molecule has 1 N–H and O–H groups in total. The van der Waals surface area contributed by atoms with Gasteiger partial charge in [-0.05, 0) is 13.0 Å². The number of aromatic carboxylic acids is 1. The fraction of sp³-hybridized carbons (Fsp3) is 0.182. The molecule has 0 amide bonds. The number of para-hydroxylation sites is 1. The second-order valence-electron chi connectivity index (χ2n) is 3.80. The maximum Gasteiger partial charge on any atom is 0.339 e. The second-order valence-corrected chi connectivity index (χ2v) is 3.80. The van der Waals surface area contributed by atoms with Crippen LogP contribution in [0.4, 0.5) is 5.69 Å². The van der Waals surface area contributed by atoms with Gasteiger partial charge in [-0.2, -0.15) is 0 Å². The summed E-state index contributed by atoms with van der Waals surface area (Å²) >= 11 is 0. The molecule has 1 heterocycles. The fourth-order valence-corrected chi connectivity index (χ4v) is 1.51. The van der Waals surface area contributed by atoms with Gasteiger partial charge < -0.3 is 9.84 Å². The number of nitrogens with zero attached hydrogens (tertiary/aromatic N) is 3. The lowest BCUT2D eigenvalue weighted by atomic mass is 10.1. The summed E-state index contributed by atoms with van der Waals surface area (Å²) in [6.45, 7) is 1.44. The summed E-state index contributed by atoms with van der Waals surface area (Å²) in [5, 5.41) is 27.0. The lowest BCUT2D eigenvalue weighted by Crippen LogP contribution is -2.07. The molecule has 20 heavy (non-hydrogen) atoms. The van der Waals surface area contributed by atoms with Gasteiger partial charge in [0.15, 0.2) is 0 Å². The van der Waals surface area contributed by atoms with Gasteiger partial charge in [0.2, 0.25) is 5.75 Å². The normalized spacial score (nSPS) is 10.2. The van der Waals surface area contributed by atoms with Crippen molar-refractivity contribution in [2.45, 2.75) is 13.5 Å². The Balaban J connectivity index is 2.36. The molecule has 1 aromatic carbocycles. The molecule has 9 heteroatoms. The van der Waals surface area contributed by atoms with E-state index in [-0.39, 0.29) is 17.9 Å². The number of carboxylic acids is 1. The number of aryl methyl sites for hydroxylation is 1. The van der Waals surface area contributed by atoms with Crippen LogP contribution >= 0.6 is 0 Å². The van der Waals surface area contributed by atoms with Crippen molar-refractivity contribution < 1.29 is 24.2 Å². The Kier molecular flexibility index (Phi) is 3.60. The quantitative estimate of drug-likeness (QED) is 0.644. The molecule has 0 atom stereocenters. The molecule has 0 fully saturated rings. The van der Waals surface area contributed by atoms with E-state index in [9.17, 15) is 14.9 Å². The van der Waals surface area contributed by atoms with Crippen LogP contribution in [0.2, 0.25) is 0 Å². The first kappa shape index (κ1) is 13.5. The van der Waals surface area contributed by atoms with Gasteiger partial charge in [0, 0.05) is 6.07 Å². The predicted octanol–water partition coefficient (Wildman–Crippen LogP) is 1.56. The minimum absolute atomic E-state index is 0.180. The zero-order valence-electron chi connectivity index (χ0n) is 10.3. The molecule has 2 rings (SSSR count). The maximum atomic E-state index is 11.1. The van der Waals surface area contributed by atoms with E-state index < -0.39 is 16.6 Å². The molecule has 0 bridgehead atoms. The first-order chi connectivity index (χ1) is 9.50. The average molecular weight is 279 g/mol. The Hall–Kier alpha value is -2.97. The van der Waals surface area contributed by atoms with Gasteiger partial charge in [-0.3, -0.25) is 10.1 Å². The number of carboxylic acid groups (broad SMARTS) is 1. The van der Waals surface area contributed by atoms with Crippen LogP contribution < -0.4 is 4.74 Å². The van der Waals surface area contributed by atoms with Crippen molar-refractivity contribution in [2.75, 3.05) is 0 Å². The SMILES string of the molecule is Cc1nonc1COc1c(C(=O)O)cccc1[N+](=O)[O-]. The van der Waals surface area contributed by atoms with Crippen LogP contribution in [0.3, 0.4) is 0 Å². The Bertz CT molecular complexity index is 634. The molecule has 9 nitrogen and oxygen atoms in total. The van der Waals surface area contributed by atoms with Gasteiger partial charge in [-0.25, -0.2) is 9.42 Å². The number of benzene rings is 1. The zero-order chi connectivity index (χ0) is 14.7. The van der Waals surface area contributed by atoms with Crippen LogP contribution in [0.25, 0.3) is 0 Å². The van der Waals surface area contributed by atoms with Crippen molar-refractivity contribution in [1.82, 2.24) is 10.3 Å². The lowest BCUT2D eigenvalue weighted by Gasteiger charge is -2.08. The summed E-state index contributed by atoms with van der Waals surface area (Å²) in [5.74, 6) is -1.65. The van der Waals surface area contributed by atoms with Gasteiger partial charge in [0.05, 0.1) is 4.92 Å². The third-order valence-corrected chi connectivity index (χ3v) is 2.52.